The average Bonchev–Trinajstić information content (AvgIpc) is 2.18. The molecule has 0 radical (unpaired) electrons. The Bertz CT molecular complexity index is 137. The van der Waals surface area contributed by atoms with Crippen molar-refractivity contribution >= 4 is 5.91 Å². The minimum absolute atomic E-state index is 0.0371. The molecule has 0 aliphatic rings. The van der Waals surface area contributed by atoms with Crippen LogP contribution in [0, 0.1) is 0 Å². The van der Waals surface area contributed by atoms with Crippen LogP contribution in [0.4, 0.5) is 0 Å². The van der Waals surface area contributed by atoms with Crippen LogP contribution in [0.3, 0.4) is 0 Å². The molecule has 0 spiro atoms. The van der Waals surface area contributed by atoms with E-state index in [9.17, 15) is 4.79 Å². The summed E-state index contributed by atoms with van der Waals surface area (Å²) >= 11 is 0. The van der Waals surface area contributed by atoms with E-state index < -0.39 is 6.10 Å². The summed E-state index contributed by atoms with van der Waals surface area (Å²) < 4.78 is 0. The van der Waals surface area contributed by atoms with Gasteiger partial charge in [-0.1, -0.05) is 20.8 Å². The highest BCUT2D eigenvalue weighted by atomic mass is 16.3. The van der Waals surface area contributed by atoms with Gasteiger partial charge in [0.15, 0.2) is 0 Å². The molecule has 0 aliphatic heterocycles. The molecule has 1 atom stereocenters. The summed E-state index contributed by atoms with van der Waals surface area (Å²) in [5, 5.41) is 17.6. The number of aliphatic hydroxyl groups is 2. The van der Waals surface area contributed by atoms with Crippen LogP contribution in [0.1, 0.15) is 34.1 Å². The fourth-order valence-electron chi connectivity index (χ4n) is 0.981. The Labute approximate surface area is 86.5 Å². The third-order valence-corrected chi connectivity index (χ3v) is 1.51. The van der Waals surface area contributed by atoms with Crippen molar-refractivity contribution in [3.8, 4) is 0 Å². The van der Waals surface area contributed by atoms with Gasteiger partial charge < -0.3 is 15.1 Å². The number of hydrogen-bond acceptors (Lipinski definition) is 3. The topological polar surface area (TPSA) is 60.8 Å². The maximum atomic E-state index is 11.1. The van der Waals surface area contributed by atoms with Crippen LogP contribution in [0.25, 0.3) is 0 Å². The fraction of sp³-hybridized carbons (Fsp3) is 0.900. The Morgan fingerprint density at radius 3 is 2.21 bits per heavy atom. The van der Waals surface area contributed by atoms with Gasteiger partial charge in [-0.25, -0.2) is 0 Å². The Kier molecular flexibility index (Phi) is 11.9. The molecule has 86 valence electrons. The summed E-state index contributed by atoms with van der Waals surface area (Å²) in [6, 6.07) is 0. The molecule has 0 saturated carbocycles. The van der Waals surface area contributed by atoms with E-state index >= 15 is 0 Å². The van der Waals surface area contributed by atoms with Crippen molar-refractivity contribution in [1.82, 2.24) is 4.90 Å². The first-order valence-corrected chi connectivity index (χ1v) is 5.18. The van der Waals surface area contributed by atoms with Crippen molar-refractivity contribution in [3.63, 3.8) is 0 Å². The van der Waals surface area contributed by atoms with E-state index in [1.54, 1.807) is 13.8 Å². The van der Waals surface area contributed by atoms with Crippen molar-refractivity contribution in [1.29, 1.82) is 0 Å². The van der Waals surface area contributed by atoms with Gasteiger partial charge in [0, 0.05) is 19.5 Å². The van der Waals surface area contributed by atoms with E-state index in [-0.39, 0.29) is 12.5 Å². The summed E-state index contributed by atoms with van der Waals surface area (Å²) in [6.45, 7) is 7.92. The van der Waals surface area contributed by atoms with E-state index in [1.165, 1.54) is 4.90 Å². The van der Waals surface area contributed by atoms with Crippen LogP contribution >= 0.6 is 0 Å². The molecule has 0 aromatic rings. The molecular formula is C10H23NO3. The van der Waals surface area contributed by atoms with E-state index in [4.69, 9.17) is 10.2 Å². The van der Waals surface area contributed by atoms with Crippen molar-refractivity contribution in [3.05, 3.63) is 0 Å². The lowest BCUT2D eigenvalue weighted by Gasteiger charge is -2.22. The second kappa shape index (κ2) is 10.5. The summed E-state index contributed by atoms with van der Waals surface area (Å²) in [6.07, 6.45) is -0.126. The normalized spacial score (nSPS) is 11.3. The maximum Gasteiger partial charge on any atom is 0.222 e. The molecule has 0 fully saturated rings. The van der Waals surface area contributed by atoms with E-state index in [0.717, 1.165) is 0 Å². The molecule has 1 unspecified atom stereocenters. The minimum atomic E-state index is -0.535. The van der Waals surface area contributed by atoms with Crippen LogP contribution in [-0.4, -0.2) is 46.8 Å². The highest BCUT2D eigenvalue weighted by Gasteiger charge is 2.12. The monoisotopic (exact) mass is 205 g/mol. The van der Waals surface area contributed by atoms with Gasteiger partial charge >= 0.3 is 0 Å². The third-order valence-electron chi connectivity index (χ3n) is 1.51. The highest BCUT2D eigenvalue weighted by molar-refractivity contribution is 5.75. The Balaban J connectivity index is 0. The molecule has 4 heteroatoms. The van der Waals surface area contributed by atoms with E-state index in [2.05, 4.69) is 0 Å². The van der Waals surface area contributed by atoms with Gasteiger partial charge in [-0.05, 0) is 6.92 Å². The second-order valence-electron chi connectivity index (χ2n) is 2.77. The largest absolute Gasteiger partial charge is 0.395 e. The van der Waals surface area contributed by atoms with Gasteiger partial charge in [0.2, 0.25) is 5.91 Å². The van der Waals surface area contributed by atoms with Gasteiger partial charge in [-0.2, -0.15) is 0 Å². The van der Waals surface area contributed by atoms with Crippen LogP contribution in [0.15, 0.2) is 0 Å². The van der Waals surface area contributed by atoms with Crippen LogP contribution in [-0.2, 0) is 4.79 Å². The molecule has 0 aromatic carbocycles. The Hall–Kier alpha value is -0.610. The zero-order chi connectivity index (χ0) is 11.6. The van der Waals surface area contributed by atoms with Gasteiger partial charge in [-0.15, -0.1) is 0 Å². The zero-order valence-electron chi connectivity index (χ0n) is 9.66. The molecule has 1 amide bonds. The lowest BCUT2D eigenvalue weighted by atomic mass is 10.3. The predicted octanol–water partition coefficient (Wildman–Crippen LogP) is 0.624. The number of carbonyl (C=O) groups excluding carboxylic acids is 1. The molecule has 2 N–H and O–H groups in total. The molecule has 0 rings (SSSR count). The number of carbonyl (C=O) groups is 1. The third kappa shape index (κ3) is 8.01. The first-order valence-electron chi connectivity index (χ1n) is 5.18. The van der Waals surface area contributed by atoms with Crippen LogP contribution in [0.2, 0.25) is 0 Å². The molecule has 0 heterocycles. The number of nitrogens with zero attached hydrogens (tertiary/aromatic N) is 1. The SMILES string of the molecule is CC.CCC(=O)N(CCO)CC(C)O. The minimum Gasteiger partial charge on any atom is -0.395 e. The smallest absolute Gasteiger partial charge is 0.222 e. The second-order valence-corrected chi connectivity index (χ2v) is 2.77. The number of rotatable bonds is 5. The standard InChI is InChI=1S/C8H17NO3.C2H6/c1-3-8(12)9(4-5-10)6-7(2)11;1-2/h7,10-11H,3-6H2,1-2H3;1-2H3. The lowest BCUT2D eigenvalue weighted by molar-refractivity contribution is -0.132. The molecule has 14 heavy (non-hydrogen) atoms. The van der Waals surface area contributed by atoms with Gasteiger partial charge in [0.1, 0.15) is 0 Å². The first-order chi connectivity index (χ1) is 6.61. The Morgan fingerprint density at radius 2 is 1.93 bits per heavy atom. The van der Waals surface area contributed by atoms with Crippen molar-refractivity contribution in [2.75, 3.05) is 19.7 Å². The number of aliphatic hydroxyl groups excluding tert-OH is 2. The Morgan fingerprint density at radius 1 is 1.43 bits per heavy atom. The predicted molar refractivity (Wildman–Crippen MR) is 57.0 cm³/mol. The van der Waals surface area contributed by atoms with E-state index in [0.29, 0.717) is 19.5 Å². The molecular weight excluding hydrogens is 182 g/mol. The van der Waals surface area contributed by atoms with Crippen molar-refractivity contribution in [2.45, 2.75) is 40.2 Å². The van der Waals surface area contributed by atoms with Gasteiger partial charge in [0.25, 0.3) is 0 Å². The van der Waals surface area contributed by atoms with E-state index in [1.807, 2.05) is 13.8 Å². The van der Waals surface area contributed by atoms with Crippen molar-refractivity contribution < 1.29 is 15.0 Å². The maximum absolute atomic E-state index is 11.1. The average molecular weight is 205 g/mol. The number of hydrogen-bond donors (Lipinski definition) is 2. The van der Waals surface area contributed by atoms with Crippen LogP contribution < -0.4 is 0 Å². The van der Waals surface area contributed by atoms with Gasteiger partial charge in [0.05, 0.1) is 12.7 Å². The fourth-order valence-corrected chi connectivity index (χ4v) is 0.981. The summed E-state index contributed by atoms with van der Waals surface area (Å²) in [7, 11) is 0. The molecule has 4 nitrogen and oxygen atoms in total. The quantitative estimate of drug-likeness (QED) is 0.692. The van der Waals surface area contributed by atoms with Crippen LogP contribution in [0.5, 0.6) is 0 Å². The molecule has 0 bridgehead atoms. The summed E-state index contributed by atoms with van der Waals surface area (Å²) in [5.74, 6) is -0.0371. The molecule has 0 aromatic heterocycles. The lowest BCUT2D eigenvalue weighted by Crippen LogP contribution is -2.38. The summed E-state index contributed by atoms with van der Waals surface area (Å²) in [5.41, 5.74) is 0. The number of amides is 1. The van der Waals surface area contributed by atoms with Crippen molar-refractivity contribution in [2.24, 2.45) is 0 Å². The first kappa shape index (κ1) is 15.8. The molecule has 0 aliphatic carbocycles. The van der Waals surface area contributed by atoms with Gasteiger partial charge in [-0.3, -0.25) is 4.79 Å². The summed E-state index contributed by atoms with van der Waals surface area (Å²) in [4.78, 5) is 12.6. The highest BCUT2D eigenvalue weighted by Crippen LogP contribution is 1.95. The molecule has 0 saturated heterocycles. The zero-order valence-corrected chi connectivity index (χ0v) is 9.66.